The molecule has 86 valence electrons. The molecular formula is C12H22N2S. The van der Waals surface area contributed by atoms with E-state index in [0.29, 0.717) is 11.8 Å². The van der Waals surface area contributed by atoms with E-state index in [9.17, 15) is 0 Å². The van der Waals surface area contributed by atoms with E-state index in [1.54, 1.807) is 0 Å². The first-order valence-corrected chi connectivity index (χ1v) is 6.49. The second-order valence-corrected chi connectivity index (χ2v) is 6.02. The zero-order valence-corrected chi connectivity index (χ0v) is 11.2. The molecule has 2 nitrogen and oxygen atoms in total. The summed E-state index contributed by atoms with van der Waals surface area (Å²) >= 11 is 1.82. The largest absolute Gasteiger partial charge is 0.310 e. The summed E-state index contributed by atoms with van der Waals surface area (Å²) in [6.45, 7) is 13.0. The number of hydrogen-bond acceptors (Lipinski definition) is 3. The first-order chi connectivity index (χ1) is 7.00. The summed E-state index contributed by atoms with van der Waals surface area (Å²) in [7, 11) is 0. The van der Waals surface area contributed by atoms with Gasteiger partial charge in [0.25, 0.3) is 0 Å². The van der Waals surface area contributed by atoms with Crippen LogP contribution in [0.25, 0.3) is 0 Å². The standard InChI is InChI=1S/C12H22N2S/c1-8(2)6-13-7-11-14-12(9(3)4)10(5)15-11/h8-9,13H,6-7H2,1-5H3. The van der Waals surface area contributed by atoms with Crippen LogP contribution in [0.2, 0.25) is 0 Å². The maximum absolute atomic E-state index is 4.66. The maximum Gasteiger partial charge on any atom is 0.107 e. The molecule has 0 saturated carbocycles. The fourth-order valence-corrected chi connectivity index (χ4v) is 2.60. The fraction of sp³-hybridized carbons (Fsp3) is 0.750. The number of nitrogens with zero attached hydrogens (tertiary/aromatic N) is 1. The summed E-state index contributed by atoms with van der Waals surface area (Å²) in [6, 6.07) is 0. The van der Waals surface area contributed by atoms with Gasteiger partial charge >= 0.3 is 0 Å². The lowest BCUT2D eigenvalue weighted by Crippen LogP contribution is -2.18. The molecule has 0 amide bonds. The van der Waals surface area contributed by atoms with Crippen molar-refractivity contribution in [3.05, 3.63) is 15.6 Å². The van der Waals surface area contributed by atoms with E-state index in [1.807, 2.05) is 11.3 Å². The highest BCUT2D eigenvalue weighted by atomic mass is 32.1. The first-order valence-electron chi connectivity index (χ1n) is 5.67. The van der Waals surface area contributed by atoms with Crippen molar-refractivity contribution in [3.8, 4) is 0 Å². The molecule has 1 aromatic heterocycles. The Morgan fingerprint density at radius 1 is 1.27 bits per heavy atom. The van der Waals surface area contributed by atoms with Crippen LogP contribution in [-0.2, 0) is 6.54 Å². The monoisotopic (exact) mass is 226 g/mol. The minimum Gasteiger partial charge on any atom is -0.310 e. The molecule has 0 atom stereocenters. The Bertz CT molecular complexity index is 303. The molecule has 0 aliphatic heterocycles. The lowest BCUT2D eigenvalue weighted by Gasteiger charge is -2.04. The van der Waals surface area contributed by atoms with Gasteiger partial charge in [0.1, 0.15) is 5.01 Å². The van der Waals surface area contributed by atoms with Crippen LogP contribution in [0.1, 0.15) is 49.2 Å². The molecule has 1 rings (SSSR count). The number of thiazole rings is 1. The summed E-state index contributed by atoms with van der Waals surface area (Å²) in [5, 5.41) is 4.65. The molecule has 0 bridgehead atoms. The number of rotatable bonds is 5. The quantitative estimate of drug-likeness (QED) is 0.833. The van der Waals surface area contributed by atoms with Crippen molar-refractivity contribution in [1.82, 2.24) is 10.3 Å². The number of nitrogens with one attached hydrogen (secondary N) is 1. The van der Waals surface area contributed by atoms with Gasteiger partial charge in [-0.05, 0) is 25.3 Å². The maximum atomic E-state index is 4.66. The highest BCUT2D eigenvalue weighted by Gasteiger charge is 2.10. The van der Waals surface area contributed by atoms with Gasteiger partial charge in [0.05, 0.1) is 5.69 Å². The van der Waals surface area contributed by atoms with Gasteiger partial charge < -0.3 is 5.32 Å². The lowest BCUT2D eigenvalue weighted by molar-refractivity contribution is 0.551. The molecule has 1 N–H and O–H groups in total. The molecular weight excluding hydrogens is 204 g/mol. The molecule has 1 aromatic rings. The van der Waals surface area contributed by atoms with Gasteiger partial charge in [0, 0.05) is 11.4 Å². The van der Waals surface area contributed by atoms with Crippen LogP contribution in [-0.4, -0.2) is 11.5 Å². The third-order valence-electron chi connectivity index (χ3n) is 2.25. The highest BCUT2D eigenvalue weighted by Crippen LogP contribution is 2.23. The topological polar surface area (TPSA) is 24.9 Å². The third kappa shape index (κ3) is 3.92. The van der Waals surface area contributed by atoms with Crippen molar-refractivity contribution in [2.75, 3.05) is 6.54 Å². The van der Waals surface area contributed by atoms with Gasteiger partial charge in [-0.2, -0.15) is 0 Å². The molecule has 0 aliphatic rings. The predicted molar refractivity (Wildman–Crippen MR) is 67.5 cm³/mol. The van der Waals surface area contributed by atoms with Crippen LogP contribution < -0.4 is 5.32 Å². The number of aromatic nitrogens is 1. The average Bonchev–Trinajstić information content (AvgIpc) is 2.46. The molecule has 3 heteroatoms. The van der Waals surface area contributed by atoms with Crippen molar-refractivity contribution in [1.29, 1.82) is 0 Å². The minimum atomic E-state index is 0.542. The Morgan fingerprint density at radius 2 is 1.93 bits per heavy atom. The van der Waals surface area contributed by atoms with Crippen LogP contribution in [0.15, 0.2) is 0 Å². The van der Waals surface area contributed by atoms with Crippen molar-refractivity contribution >= 4 is 11.3 Å². The summed E-state index contributed by atoms with van der Waals surface area (Å²) in [4.78, 5) is 6.03. The van der Waals surface area contributed by atoms with E-state index >= 15 is 0 Å². The highest BCUT2D eigenvalue weighted by molar-refractivity contribution is 7.11. The molecule has 0 radical (unpaired) electrons. The van der Waals surface area contributed by atoms with E-state index in [4.69, 9.17) is 0 Å². The Kier molecular flexibility index (Phi) is 4.74. The van der Waals surface area contributed by atoms with Gasteiger partial charge in [0.2, 0.25) is 0 Å². The minimum absolute atomic E-state index is 0.542. The van der Waals surface area contributed by atoms with E-state index in [0.717, 1.165) is 13.1 Å². The molecule has 0 aromatic carbocycles. The SMILES string of the molecule is Cc1sc(CNCC(C)C)nc1C(C)C. The second-order valence-electron chi connectivity index (χ2n) is 4.73. The third-order valence-corrected chi connectivity index (χ3v) is 3.24. The van der Waals surface area contributed by atoms with Gasteiger partial charge in [0.15, 0.2) is 0 Å². The van der Waals surface area contributed by atoms with Crippen LogP contribution in [0.3, 0.4) is 0 Å². The smallest absolute Gasteiger partial charge is 0.107 e. The summed E-state index contributed by atoms with van der Waals surface area (Å²) < 4.78 is 0. The Labute approximate surface area is 97.1 Å². The Balaban J connectivity index is 2.52. The fourth-order valence-electron chi connectivity index (χ4n) is 1.54. The van der Waals surface area contributed by atoms with Crippen LogP contribution in [0, 0.1) is 12.8 Å². The Hall–Kier alpha value is -0.410. The van der Waals surface area contributed by atoms with E-state index in [2.05, 4.69) is 44.9 Å². The summed E-state index contributed by atoms with van der Waals surface area (Å²) in [6.07, 6.45) is 0. The lowest BCUT2D eigenvalue weighted by atomic mass is 10.1. The predicted octanol–water partition coefficient (Wildman–Crippen LogP) is 3.32. The zero-order valence-electron chi connectivity index (χ0n) is 10.4. The summed E-state index contributed by atoms with van der Waals surface area (Å²) in [5.41, 5.74) is 1.27. The van der Waals surface area contributed by atoms with E-state index < -0.39 is 0 Å². The van der Waals surface area contributed by atoms with Crippen molar-refractivity contribution in [2.24, 2.45) is 5.92 Å². The molecule has 0 spiro atoms. The van der Waals surface area contributed by atoms with Crippen LogP contribution in [0.4, 0.5) is 0 Å². The molecule has 0 saturated heterocycles. The van der Waals surface area contributed by atoms with Gasteiger partial charge in [-0.25, -0.2) is 4.98 Å². The number of aryl methyl sites for hydroxylation is 1. The Morgan fingerprint density at radius 3 is 2.40 bits per heavy atom. The van der Waals surface area contributed by atoms with E-state index in [1.165, 1.54) is 15.6 Å². The first kappa shape index (κ1) is 12.7. The molecule has 0 aliphatic carbocycles. The van der Waals surface area contributed by atoms with Gasteiger partial charge in [-0.15, -0.1) is 11.3 Å². The second kappa shape index (κ2) is 5.61. The molecule has 1 heterocycles. The molecule has 0 fully saturated rings. The van der Waals surface area contributed by atoms with Crippen LogP contribution >= 0.6 is 11.3 Å². The molecule has 15 heavy (non-hydrogen) atoms. The summed E-state index contributed by atoms with van der Waals surface area (Å²) in [5.74, 6) is 1.25. The molecule has 0 unspecified atom stereocenters. The van der Waals surface area contributed by atoms with Crippen LogP contribution in [0.5, 0.6) is 0 Å². The number of hydrogen-bond donors (Lipinski definition) is 1. The van der Waals surface area contributed by atoms with Gasteiger partial charge in [-0.3, -0.25) is 0 Å². The normalized spacial score (nSPS) is 11.7. The average molecular weight is 226 g/mol. The van der Waals surface area contributed by atoms with Crippen molar-refractivity contribution in [2.45, 2.75) is 47.1 Å². The van der Waals surface area contributed by atoms with E-state index in [-0.39, 0.29) is 0 Å². The van der Waals surface area contributed by atoms with Crippen molar-refractivity contribution < 1.29 is 0 Å². The van der Waals surface area contributed by atoms with Gasteiger partial charge in [-0.1, -0.05) is 27.7 Å². The van der Waals surface area contributed by atoms with Crippen molar-refractivity contribution in [3.63, 3.8) is 0 Å². The zero-order chi connectivity index (χ0) is 11.4.